The fourth-order valence-corrected chi connectivity index (χ4v) is 3.40. The van der Waals surface area contributed by atoms with Crippen molar-refractivity contribution in [1.82, 2.24) is 10.2 Å². The Hall–Kier alpha value is -1.20. The SMILES string of the molecule is CN=C(NCCCSC)N1CCOC(c2ccc(C)cc2C)C1. The number of hydrogen-bond acceptors (Lipinski definition) is 3. The predicted molar refractivity (Wildman–Crippen MR) is 101 cm³/mol. The van der Waals surface area contributed by atoms with Gasteiger partial charge in [0.25, 0.3) is 0 Å². The summed E-state index contributed by atoms with van der Waals surface area (Å²) in [7, 11) is 1.86. The number of aryl methyl sites for hydroxylation is 2. The van der Waals surface area contributed by atoms with Gasteiger partial charge >= 0.3 is 0 Å². The van der Waals surface area contributed by atoms with Crippen LogP contribution in [-0.4, -0.2) is 56.2 Å². The minimum Gasteiger partial charge on any atom is -0.370 e. The van der Waals surface area contributed by atoms with E-state index in [0.717, 1.165) is 38.6 Å². The molecule has 1 saturated heterocycles. The zero-order valence-corrected chi connectivity index (χ0v) is 15.6. The summed E-state index contributed by atoms with van der Waals surface area (Å²) in [6.45, 7) is 7.75. The predicted octanol–water partition coefficient (Wildman–Crippen LogP) is 3.01. The highest BCUT2D eigenvalue weighted by molar-refractivity contribution is 7.98. The molecule has 128 valence electrons. The second-order valence-electron chi connectivity index (χ2n) is 5.99. The molecule has 0 spiro atoms. The second-order valence-corrected chi connectivity index (χ2v) is 6.97. The van der Waals surface area contributed by atoms with Gasteiger partial charge in [0.2, 0.25) is 0 Å². The van der Waals surface area contributed by atoms with Crippen molar-refractivity contribution >= 4 is 17.7 Å². The number of hydrogen-bond donors (Lipinski definition) is 1. The number of nitrogens with one attached hydrogen (secondary N) is 1. The third-order valence-corrected chi connectivity index (χ3v) is 4.86. The maximum Gasteiger partial charge on any atom is 0.193 e. The summed E-state index contributed by atoms with van der Waals surface area (Å²) in [6.07, 6.45) is 3.42. The maximum absolute atomic E-state index is 6.02. The molecule has 1 N–H and O–H groups in total. The molecule has 2 rings (SSSR count). The molecule has 1 aromatic carbocycles. The van der Waals surface area contributed by atoms with Gasteiger partial charge in [-0.25, -0.2) is 0 Å². The van der Waals surface area contributed by atoms with Gasteiger partial charge in [0.15, 0.2) is 5.96 Å². The van der Waals surface area contributed by atoms with Crippen molar-refractivity contribution < 1.29 is 4.74 Å². The van der Waals surface area contributed by atoms with E-state index >= 15 is 0 Å². The Kier molecular flexibility index (Phi) is 7.24. The summed E-state index contributed by atoms with van der Waals surface area (Å²) in [6, 6.07) is 6.60. The molecular weight excluding hydrogens is 306 g/mol. The zero-order valence-electron chi connectivity index (χ0n) is 14.8. The van der Waals surface area contributed by atoms with Crippen molar-refractivity contribution in [2.24, 2.45) is 4.99 Å². The molecule has 0 amide bonds. The summed E-state index contributed by atoms with van der Waals surface area (Å²) < 4.78 is 6.02. The van der Waals surface area contributed by atoms with Gasteiger partial charge in [0.05, 0.1) is 13.2 Å². The molecule has 0 saturated carbocycles. The number of ether oxygens (including phenoxy) is 1. The average Bonchev–Trinajstić information content (AvgIpc) is 2.55. The van der Waals surface area contributed by atoms with E-state index in [2.05, 4.69) is 53.5 Å². The Morgan fingerprint density at radius 2 is 2.26 bits per heavy atom. The first kappa shape index (κ1) is 18.1. The first-order valence-electron chi connectivity index (χ1n) is 8.29. The van der Waals surface area contributed by atoms with E-state index in [9.17, 15) is 0 Å². The highest BCUT2D eigenvalue weighted by Crippen LogP contribution is 2.25. The van der Waals surface area contributed by atoms with Crippen molar-refractivity contribution in [2.75, 3.05) is 45.3 Å². The molecule has 1 heterocycles. The summed E-state index contributed by atoms with van der Waals surface area (Å²) in [5.74, 6) is 2.17. The van der Waals surface area contributed by atoms with Crippen LogP contribution in [-0.2, 0) is 4.74 Å². The molecule has 1 fully saturated rings. The molecule has 1 aliphatic heterocycles. The molecule has 0 aromatic heterocycles. The molecule has 0 aliphatic carbocycles. The third kappa shape index (κ3) is 5.15. The lowest BCUT2D eigenvalue weighted by molar-refractivity contribution is -0.00830. The number of benzene rings is 1. The van der Waals surface area contributed by atoms with Crippen LogP contribution in [0, 0.1) is 13.8 Å². The van der Waals surface area contributed by atoms with Crippen molar-refractivity contribution in [3.8, 4) is 0 Å². The average molecular weight is 336 g/mol. The third-order valence-electron chi connectivity index (χ3n) is 4.16. The Balaban J connectivity index is 1.99. The van der Waals surface area contributed by atoms with E-state index in [1.54, 1.807) is 0 Å². The summed E-state index contributed by atoms with van der Waals surface area (Å²) >= 11 is 1.88. The highest BCUT2D eigenvalue weighted by Gasteiger charge is 2.25. The molecule has 1 unspecified atom stereocenters. The van der Waals surface area contributed by atoms with Crippen LogP contribution in [0.25, 0.3) is 0 Å². The monoisotopic (exact) mass is 335 g/mol. The fourth-order valence-electron chi connectivity index (χ4n) is 2.97. The van der Waals surface area contributed by atoms with Crippen LogP contribution in [0.1, 0.15) is 29.2 Å². The van der Waals surface area contributed by atoms with Crippen LogP contribution < -0.4 is 5.32 Å². The van der Waals surface area contributed by atoms with Gasteiger partial charge in [0.1, 0.15) is 6.10 Å². The van der Waals surface area contributed by atoms with Crippen LogP contribution in [0.3, 0.4) is 0 Å². The van der Waals surface area contributed by atoms with E-state index in [1.165, 1.54) is 22.4 Å². The first-order valence-corrected chi connectivity index (χ1v) is 9.68. The van der Waals surface area contributed by atoms with Crippen LogP contribution in [0.4, 0.5) is 0 Å². The maximum atomic E-state index is 6.02. The van der Waals surface area contributed by atoms with Gasteiger partial charge in [-0.15, -0.1) is 0 Å². The molecular formula is C18H29N3OS. The van der Waals surface area contributed by atoms with Crippen molar-refractivity contribution in [3.63, 3.8) is 0 Å². The normalized spacial score (nSPS) is 19.0. The quantitative estimate of drug-likeness (QED) is 0.510. The van der Waals surface area contributed by atoms with Crippen LogP contribution in [0.5, 0.6) is 0 Å². The van der Waals surface area contributed by atoms with Gasteiger partial charge < -0.3 is 15.0 Å². The van der Waals surface area contributed by atoms with Crippen molar-refractivity contribution in [3.05, 3.63) is 34.9 Å². The molecule has 0 radical (unpaired) electrons. The smallest absolute Gasteiger partial charge is 0.193 e. The summed E-state index contributed by atoms with van der Waals surface area (Å²) in [5, 5.41) is 3.48. The van der Waals surface area contributed by atoms with Crippen LogP contribution in [0.2, 0.25) is 0 Å². The second kappa shape index (κ2) is 9.18. The lowest BCUT2D eigenvalue weighted by atomic mass is 10.00. The summed E-state index contributed by atoms with van der Waals surface area (Å²) in [5.41, 5.74) is 3.89. The number of rotatable bonds is 5. The lowest BCUT2D eigenvalue weighted by Crippen LogP contribution is -2.48. The molecule has 1 aromatic rings. The number of aliphatic imine (C=N–C) groups is 1. The number of morpholine rings is 1. The van der Waals surface area contributed by atoms with E-state index in [0.29, 0.717) is 0 Å². The van der Waals surface area contributed by atoms with E-state index < -0.39 is 0 Å². The molecule has 5 heteroatoms. The number of guanidine groups is 1. The fraction of sp³-hybridized carbons (Fsp3) is 0.611. The van der Waals surface area contributed by atoms with Gasteiger partial charge in [-0.1, -0.05) is 23.8 Å². The van der Waals surface area contributed by atoms with Crippen LogP contribution >= 0.6 is 11.8 Å². The molecule has 1 aliphatic rings. The molecule has 0 bridgehead atoms. The highest BCUT2D eigenvalue weighted by atomic mass is 32.2. The summed E-state index contributed by atoms with van der Waals surface area (Å²) in [4.78, 5) is 6.76. The Labute approximate surface area is 144 Å². The molecule has 1 atom stereocenters. The van der Waals surface area contributed by atoms with E-state index in [1.807, 2.05) is 18.8 Å². The van der Waals surface area contributed by atoms with Gasteiger partial charge in [-0.05, 0) is 43.4 Å². The number of nitrogens with zero attached hydrogens (tertiary/aromatic N) is 2. The van der Waals surface area contributed by atoms with Gasteiger partial charge in [-0.2, -0.15) is 11.8 Å². The van der Waals surface area contributed by atoms with Crippen LogP contribution in [0.15, 0.2) is 23.2 Å². The lowest BCUT2D eigenvalue weighted by Gasteiger charge is -2.35. The van der Waals surface area contributed by atoms with Crippen molar-refractivity contribution in [2.45, 2.75) is 26.4 Å². The Morgan fingerprint density at radius 1 is 1.43 bits per heavy atom. The van der Waals surface area contributed by atoms with Gasteiger partial charge in [-0.3, -0.25) is 4.99 Å². The largest absolute Gasteiger partial charge is 0.370 e. The Morgan fingerprint density at radius 3 is 2.96 bits per heavy atom. The Bertz CT molecular complexity index is 533. The first-order chi connectivity index (χ1) is 11.2. The molecule has 23 heavy (non-hydrogen) atoms. The molecule has 4 nitrogen and oxygen atoms in total. The number of thioether (sulfide) groups is 1. The minimum atomic E-state index is 0.120. The van der Waals surface area contributed by atoms with E-state index in [4.69, 9.17) is 4.74 Å². The zero-order chi connectivity index (χ0) is 16.7. The topological polar surface area (TPSA) is 36.9 Å². The van der Waals surface area contributed by atoms with E-state index in [-0.39, 0.29) is 6.10 Å². The standard InChI is InChI=1S/C18H29N3OS/c1-14-6-7-16(15(2)12-14)17-13-21(9-10-22-17)18(19-3)20-8-5-11-23-4/h6-7,12,17H,5,8-11,13H2,1-4H3,(H,19,20). The van der Waals surface area contributed by atoms with Gasteiger partial charge in [0, 0.05) is 20.1 Å². The van der Waals surface area contributed by atoms with Crippen molar-refractivity contribution in [1.29, 1.82) is 0 Å². The minimum absolute atomic E-state index is 0.120.